The van der Waals surface area contributed by atoms with Crippen LogP contribution in [0.15, 0.2) is 48.5 Å². The smallest absolute Gasteiger partial charge is 0.0642 e. The minimum absolute atomic E-state index is 0.390. The maximum absolute atomic E-state index is 10.0. The third-order valence-electron chi connectivity index (χ3n) is 3.56. The maximum atomic E-state index is 10.0. The standard InChI is InChI=1S/C16H14Cl2N2O/c1-19-16-7-6-13(18)10-15(16)14(8-9-20(19)21)11-2-4-12(17)5-3-11/h2-8,10,21H,9H2,1H3. The molecule has 1 heterocycles. The van der Waals surface area contributed by atoms with E-state index < -0.39 is 0 Å². The summed E-state index contributed by atoms with van der Waals surface area (Å²) in [6, 6.07) is 13.3. The number of benzene rings is 2. The molecule has 1 aliphatic heterocycles. The van der Waals surface area contributed by atoms with Crippen molar-refractivity contribution in [2.45, 2.75) is 0 Å². The molecule has 2 aromatic carbocycles. The zero-order valence-corrected chi connectivity index (χ0v) is 12.9. The first-order valence-electron chi connectivity index (χ1n) is 6.52. The van der Waals surface area contributed by atoms with Gasteiger partial charge in [-0.3, -0.25) is 10.2 Å². The molecule has 0 amide bonds. The summed E-state index contributed by atoms with van der Waals surface area (Å²) < 4.78 is 0. The molecule has 0 atom stereocenters. The van der Waals surface area contributed by atoms with Crippen molar-refractivity contribution in [1.82, 2.24) is 5.17 Å². The van der Waals surface area contributed by atoms with Gasteiger partial charge in [0.1, 0.15) is 0 Å². The molecule has 0 spiro atoms. The molecule has 3 rings (SSSR count). The summed E-state index contributed by atoms with van der Waals surface area (Å²) in [4.78, 5) is 0. The average molecular weight is 321 g/mol. The van der Waals surface area contributed by atoms with E-state index in [0.717, 1.165) is 27.6 Å². The largest absolute Gasteiger partial charge is 0.294 e. The number of hydrogen-bond donors (Lipinski definition) is 1. The quantitative estimate of drug-likeness (QED) is 0.839. The second kappa shape index (κ2) is 5.70. The Morgan fingerprint density at radius 1 is 1.00 bits per heavy atom. The van der Waals surface area contributed by atoms with E-state index >= 15 is 0 Å². The summed E-state index contributed by atoms with van der Waals surface area (Å²) in [5, 5.41) is 14.3. The Morgan fingerprint density at radius 3 is 2.38 bits per heavy atom. The van der Waals surface area contributed by atoms with E-state index in [2.05, 4.69) is 0 Å². The lowest BCUT2D eigenvalue weighted by molar-refractivity contribution is -0.0863. The van der Waals surface area contributed by atoms with Crippen molar-refractivity contribution >= 4 is 34.5 Å². The molecular weight excluding hydrogens is 307 g/mol. The normalized spacial score (nSPS) is 15.4. The van der Waals surface area contributed by atoms with Crippen LogP contribution in [0.5, 0.6) is 0 Å². The predicted molar refractivity (Wildman–Crippen MR) is 86.9 cm³/mol. The molecule has 0 bridgehead atoms. The molecule has 0 aromatic heterocycles. The third-order valence-corrected chi connectivity index (χ3v) is 4.04. The molecule has 2 aromatic rings. The van der Waals surface area contributed by atoms with Gasteiger partial charge in [-0.15, -0.1) is 0 Å². The Labute approximate surface area is 133 Å². The Morgan fingerprint density at radius 2 is 1.67 bits per heavy atom. The van der Waals surface area contributed by atoms with E-state index in [1.165, 1.54) is 0 Å². The first-order chi connectivity index (χ1) is 10.1. The van der Waals surface area contributed by atoms with E-state index in [1.807, 2.05) is 55.6 Å². The molecule has 21 heavy (non-hydrogen) atoms. The molecule has 1 aliphatic rings. The van der Waals surface area contributed by atoms with Crippen LogP contribution in [0.25, 0.3) is 5.57 Å². The van der Waals surface area contributed by atoms with Crippen molar-refractivity contribution in [2.24, 2.45) is 0 Å². The molecule has 0 fully saturated rings. The zero-order valence-electron chi connectivity index (χ0n) is 11.4. The summed E-state index contributed by atoms with van der Waals surface area (Å²) in [7, 11) is 1.81. The lowest BCUT2D eigenvalue weighted by atomic mass is 9.96. The van der Waals surface area contributed by atoms with Crippen molar-refractivity contribution in [3.05, 3.63) is 69.7 Å². The summed E-state index contributed by atoms with van der Waals surface area (Å²) >= 11 is 12.1. The fourth-order valence-corrected chi connectivity index (χ4v) is 2.74. The van der Waals surface area contributed by atoms with Gasteiger partial charge in [0.2, 0.25) is 0 Å². The first kappa shape index (κ1) is 14.4. The van der Waals surface area contributed by atoms with Crippen molar-refractivity contribution in [2.75, 3.05) is 18.6 Å². The Balaban J connectivity index is 2.18. The molecule has 0 unspecified atom stereocenters. The topological polar surface area (TPSA) is 26.7 Å². The minimum Gasteiger partial charge on any atom is -0.294 e. The summed E-state index contributed by atoms with van der Waals surface area (Å²) in [6.07, 6.45) is 1.97. The van der Waals surface area contributed by atoms with Gasteiger partial charge in [-0.1, -0.05) is 46.6 Å². The molecule has 0 saturated heterocycles. The highest BCUT2D eigenvalue weighted by molar-refractivity contribution is 6.31. The first-order valence-corrected chi connectivity index (χ1v) is 7.28. The van der Waals surface area contributed by atoms with Crippen LogP contribution in [-0.2, 0) is 0 Å². The number of anilines is 1. The van der Waals surface area contributed by atoms with Gasteiger partial charge in [0.05, 0.1) is 12.2 Å². The number of hydrazine groups is 1. The van der Waals surface area contributed by atoms with Crippen LogP contribution >= 0.6 is 23.2 Å². The number of hydrogen-bond acceptors (Lipinski definition) is 3. The average Bonchev–Trinajstić information content (AvgIpc) is 2.59. The van der Waals surface area contributed by atoms with Gasteiger partial charge in [0.25, 0.3) is 0 Å². The van der Waals surface area contributed by atoms with E-state index in [0.29, 0.717) is 16.6 Å². The Bertz CT molecular complexity index is 698. The second-order valence-corrected chi connectivity index (χ2v) is 5.74. The monoisotopic (exact) mass is 320 g/mol. The van der Waals surface area contributed by atoms with E-state index in [-0.39, 0.29) is 0 Å². The third kappa shape index (κ3) is 2.78. The predicted octanol–water partition coefficient (Wildman–Crippen LogP) is 4.48. The molecule has 5 heteroatoms. The highest BCUT2D eigenvalue weighted by Crippen LogP contribution is 2.36. The van der Waals surface area contributed by atoms with Crippen molar-refractivity contribution in [1.29, 1.82) is 0 Å². The van der Waals surface area contributed by atoms with E-state index in [1.54, 1.807) is 5.01 Å². The Kier molecular flexibility index (Phi) is 3.91. The molecule has 1 N–H and O–H groups in total. The molecular formula is C16H14Cl2N2O. The lowest BCUT2D eigenvalue weighted by Gasteiger charge is -2.26. The molecule has 0 saturated carbocycles. The summed E-state index contributed by atoms with van der Waals surface area (Å²) in [6.45, 7) is 0.390. The number of rotatable bonds is 1. The summed E-state index contributed by atoms with van der Waals surface area (Å²) in [5.74, 6) is 0. The number of fused-ring (bicyclic) bond motifs is 1. The van der Waals surface area contributed by atoms with Gasteiger partial charge >= 0.3 is 0 Å². The van der Waals surface area contributed by atoms with E-state index in [4.69, 9.17) is 23.2 Å². The van der Waals surface area contributed by atoms with Crippen LogP contribution < -0.4 is 5.01 Å². The van der Waals surface area contributed by atoms with E-state index in [9.17, 15) is 5.21 Å². The highest BCUT2D eigenvalue weighted by Gasteiger charge is 2.20. The van der Waals surface area contributed by atoms with Crippen molar-refractivity contribution in [3.8, 4) is 0 Å². The second-order valence-electron chi connectivity index (χ2n) is 4.86. The van der Waals surface area contributed by atoms with Gasteiger partial charge in [0.15, 0.2) is 0 Å². The van der Waals surface area contributed by atoms with Gasteiger partial charge in [-0.2, -0.15) is 0 Å². The Hall–Kier alpha value is -1.52. The van der Waals surface area contributed by atoms with Crippen LogP contribution in [0, 0.1) is 0 Å². The fourth-order valence-electron chi connectivity index (χ4n) is 2.44. The zero-order chi connectivity index (χ0) is 15.0. The number of hydroxylamine groups is 1. The maximum Gasteiger partial charge on any atom is 0.0642 e. The van der Waals surface area contributed by atoms with Crippen molar-refractivity contribution in [3.63, 3.8) is 0 Å². The molecule has 3 nitrogen and oxygen atoms in total. The SMILES string of the molecule is CN1c2ccc(Cl)cc2C(c2ccc(Cl)cc2)=CCN1O. The van der Waals surface area contributed by atoms with Crippen LogP contribution in [0.4, 0.5) is 5.69 Å². The van der Waals surface area contributed by atoms with Crippen LogP contribution in [-0.4, -0.2) is 24.0 Å². The molecule has 0 radical (unpaired) electrons. The molecule has 108 valence electrons. The minimum atomic E-state index is 0.390. The van der Waals surface area contributed by atoms with Crippen LogP contribution in [0.2, 0.25) is 10.0 Å². The van der Waals surface area contributed by atoms with Gasteiger partial charge in [-0.05, 0) is 41.5 Å². The van der Waals surface area contributed by atoms with Crippen molar-refractivity contribution < 1.29 is 5.21 Å². The number of halogens is 2. The van der Waals surface area contributed by atoms with Gasteiger partial charge in [0, 0.05) is 22.7 Å². The van der Waals surface area contributed by atoms with Crippen LogP contribution in [0.1, 0.15) is 11.1 Å². The van der Waals surface area contributed by atoms with Gasteiger partial charge in [-0.25, -0.2) is 0 Å². The lowest BCUT2D eigenvalue weighted by Crippen LogP contribution is -2.36. The molecule has 0 aliphatic carbocycles. The van der Waals surface area contributed by atoms with Crippen LogP contribution in [0.3, 0.4) is 0 Å². The highest BCUT2D eigenvalue weighted by atomic mass is 35.5. The summed E-state index contributed by atoms with van der Waals surface area (Å²) in [5.41, 5.74) is 3.92. The number of nitrogens with zero attached hydrogens (tertiary/aromatic N) is 2. The fraction of sp³-hybridized carbons (Fsp3) is 0.125. The van der Waals surface area contributed by atoms with Gasteiger partial charge < -0.3 is 0 Å².